The maximum Gasteiger partial charge on any atom is 0.275 e. The zero-order chi connectivity index (χ0) is 32.3. The molecule has 3 N–H and O–H groups in total. The number of fused-ring (bicyclic) bond motifs is 1. The van der Waals surface area contributed by atoms with Crippen molar-refractivity contribution in [2.75, 3.05) is 19.5 Å². The fourth-order valence-electron chi connectivity index (χ4n) is 5.84. The summed E-state index contributed by atoms with van der Waals surface area (Å²) >= 11 is 0. The number of amides is 1. The molecule has 1 fully saturated rings. The molecule has 1 aromatic carbocycles. The van der Waals surface area contributed by atoms with Crippen LogP contribution in [0.3, 0.4) is 0 Å². The minimum absolute atomic E-state index is 0.211. The van der Waals surface area contributed by atoms with Gasteiger partial charge in [0, 0.05) is 42.6 Å². The molecule has 6 rings (SSSR count). The Morgan fingerprint density at radius 2 is 1.87 bits per heavy atom. The molecule has 0 aliphatic heterocycles. The van der Waals surface area contributed by atoms with Gasteiger partial charge in [-0.05, 0) is 56.4 Å². The van der Waals surface area contributed by atoms with E-state index in [0.29, 0.717) is 59.7 Å². The zero-order valence-corrected chi connectivity index (χ0v) is 25.7. The molecule has 5 aromatic rings. The Hall–Kier alpha value is -5.61. The molecule has 0 unspecified atom stereocenters. The largest absolute Gasteiger partial charge is 0.481 e. The van der Waals surface area contributed by atoms with Crippen LogP contribution in [-0.2, 0) is 9.53 Å². The van der Waals surface area contributed by atoms with Crippen LogP contribution in [0.15, 0.2) is 71.8 Å². The van der Waals surface area contributed by atoms with Crippen molar-refractivity contribution in [1.29, 1.82) is 5.26 Å². The number of nitrogens with zero attached hydrogens (tertiary/aromatic N) is 6. The lowest BCUT2D eigenvalue weighted by Crippen LogP contribution is -2.51. The molecule has 4 aromatic heterocycles. The van der Waals surface area contributed by atoms with Gasteiger partial charge < -0.3 is 20.1 Å². The van der Waals surface area contributed by atoms with Crippen molar-refractivity contribution in [3.63, 3.8) is 0 Å². The first-order valence-corrected chi connectivity index (χ1v) is 14.9. The maximum atomic E-state index is 13.6. The summed E-state index contributed by atoms with van der Waals surface area (Å²) in [6.45, 7) is 1.91. The van der Waals surface area contributed by atoms with Crippen LogP contribution >= 0.6 is 0 Å². The van der Waals surface area contributed by atoms with Crippen LogP contribution in [-0.4, -0.2) is 55.7 Å². The number of hydrogen-bond acceptors (Lipinski definition) is 10. The van der Waals surface area contributed by atoms with Crippen molar-refractivity contribution in [1.82, 2.24) is 35.3 Å². The second kappa shape index (κ2) is 12.8. The zero-order valence-electron chi connectivity index (χ0n) is 25.7. The van der Waals surface area contributed by atoms with E-state index in [4.69, 9.17) is 19.8 Å². The highest BCUT2D eigenvalue weighted by molar-refractivity contribution is 5.92. The lowest BCUT2D eigenvalue weighted by molar-refractivity contribution is -0.149. The molecule has 1 atom stereocenters. The predicted octanol–water partition coefficient (Wildman–Crippen LogP) is 4.58. The molecule has 4 heterocycles. The number of carbonyl (C=O) groups is 1. The fraction of sp³-hybridized carbons (Fsp3) is 0.303. The highest BCUT2D eigenvalue weighted by Crippen LogP contribution is 2.38. The summed E-state index contributed by atoms with van der Waals surface area (Å²) in [5, 5.41) is 28.0. The Balaban J connectivity index is 1.16. The van der Waals surface area contributed by atoms with E-state index in [-0.39, 0.29) is 23.6 Å². The third kappa shape index (κ3) is 5.90. The van der Waals surface area contributed by atoms with Crippen molar-refractivity contribution in [3.05, 3.63) is 88.6 Å². The Bertz CT molecular complexity index is 1950. The monoisotopic (exact) mass is 619 g/mol. The standard InChI is InChI=1S/C33H33N9O4/c1-20(21-8-10-27(35-18-21)22-9-11-29(45-2)36-19-22)37-32(44)33(46-3)14-12-24(13-15-33)42-31(43)26-7-5-4-6-25(26)30(41-42)38-28-16-23(17-34)39-40-28/h4-11,16,18-20,24H,12-15H2,1-3H3,(H,37,44)(H2,38,39,40,41)/t20-,24?,33?/m0/s1. The second-order valence-electron chi connectivity index (χ2n) is 11.2. The van der Waals surface area contributed by atoms with E-state index in [1.165, 1.54) is 4.68 Å². The summed E-state index contributed by atoms with van der Waals surface area (Å²) in [5.74, 6) is 1.18. The molecule has 0 bridgehead atoms. The quantitative estimate of drug-likeness (QED) is 0.212. The minimum atomic E-state index is -1.04. The number of methoxy groups -OCH3 is 2. The summed E-state index contributed by atoms with van der Waals surface area (Å²) in [7, 11) is 3.12. The number of ether oxygens (including phenoxy) is 2. The summed E-state index contributed by atoms with van der Waals surface area (Å²) < 4.78 is 12.5. The molecule has 46 heavy (non-hydrogen) atoms. The van der Waals surface area contributed by atoms with Crippen LogP contribution < -0.4 is 20.9 Å². The first-order valence-electron chi connectivity index (χ1n) is 14.9. The van der Waals surface area contributed by atoms with E-state index in [0.717, 1.165) is 16.8 Å². The molecule has 0 spiro atoms. The first-order chi connectivity index (χ1) is 22.3. The van der Waals surface area contributed by atoms with Gasteiger partial charge in [-0.1, -0.05) is 24.3 Å². The van der Waals surface area contributed by atoms with Crippen LogP contribution in [0.5, 0.6) is 5.88 Å². The van der Waals surface area contributed by atoms with E-state index >= 15 is 0 Å². The number of hydrogen-bond donors (Lipinski definition) is 3. The Labute approximate surface area is 264 Å². The topological polar surface area (TPSA) is 173 Å². The van der Waals surface area contributed by atoms with Crippen LogP contribution in [0.4, 0.5) is 11.6 Å². The van der Waals surface area contributed by atoms with Gasteiger partial charge in [-0.15, -0.1) is 0 Å². The van der Waals surface area contributed by atoms with E-state index in [9.17, 15) is 9.59 Å². The molecule has 0 radical (unpaired) electrons. The Morgan fingerprint density at radius 1 is 1.09 bits per heavy atom. The van der Waals surface area contributed by atoms with Crippen LogP contribution in [0.25, 0.3) is 22.0 Å². The van der Waals surface area contributed by atoms with E-state index in [1.807, 2.05) is 49.4 Å². The molecule has 1 aliphatic rings. The van der Waals surface area contributed by atoms with Gasteiger partial charge in [0.25, 0.3) is 11.5 Å². The average molecular weight is 620 g/mol. The lowest BCUT2D eigenvalue weighted by Gasteiger charge is -2.38. The van der Waals surface area contributed by atoms with Gasteiger partial charge in [0.1, 0.15) is 17.4 Å². The molecule has 13 heteroatoms. The normalized spacial score (nSPS) is 18.4. The van der Waals surface area contributed by atoms with Crippen molar-refractivity contribution in [3.8, 4) is 23.2 Å². The van der Waals surface area contributed by atoms with Gasteiger partial charge in [-0.2, -0.15) is 15.5 Å². The van der Waals surface area contributed by atoms with Crippen molar-refractivity contribution in [2.45, 2.75) is 50.3 Å². The van der Waals surface area contributed by atoms with Gasteiger partial charge in [-0.3, -0.25) is 19.7 Å². The Morgan fingerprint density at radius 3 is 2.50 bits per heavy atom. The summed E-state index contributed by atoms with van der Waals surface area (Å²) in [6.07, 6.45) is 5.27. The second-order valence-corrected chi connectivity index (χ2v) is 11.2. The van der Waals surface area contributed by atoms with E-state index in [2.05, 4.69) is 30.8 Å². The number of carbonyl (C=O) groups excluding carboxylic acids is 1. The average Bonchev–Trinajstić information content (AvgIpc) is 3.57. The Kier molecular flexibility index (Phi) is 8.45. The van der Waals surface area contributed by atoms with Crippen molar-refractivity contribution >= 4 is 28.3 Å². The number of nitriles is 1. The number of aromatic nitrogens is 6. The molecule has 1 amide bonds. The van der Waals surface area contributed by atoms with Crippen LogP contribution in [0, 0.1) is 11.3 Å². The van der Waals surface area contributed by atoms with E-state index < -0.39 is 5.60 Å². The first kappa shape index (κ1) is 30.4. The van der Waals surface area contributed by atoms with Gasteiger partial charge in [0.2, 0.25) is 5.88 Å². The highest BCUT2D eigenvalue weighted by Gasteiger charge is 2.43. The smallest absolute Gasteiger partial charge is 0.275 e. The molecule has 13 nitrogen and oxygen atoms in total. The van der Waals surface area contributed by atoms with Crippen LogP contribution in [0.1, 0.15) is 55.9 Å². The number of nitrogens with one attached hydrogen (secondary N) is 3. The molecular weight excluding hydrogens is 586 g/mol. The SMILES string of the molecule is COc1ccc(-c2ccc([C@H](C)NC(=O)C3(OC)CCC(n4nc(Nc5cc(C#N)[nH]n5)c5ccccc5c4=O)CC3)cn2)cn1. The minimum Gasteiger partial charge on any atom is -0.481 e. The molecular formula is C33H33N9O4. The molecule has 234 valence electrons. The summed E-state index contributed by atoms with van der Waals surface area (Å²) in [6, 6.07) is 17.7. The number of benzene rings is 1. The van der Waals surface area contributed by atoms with Gasteiger partial charge in [0.15, 0.2) is 11.6 Å². The highest BCUT2D eigenvalue weighted by atomic mass is 16.5. The third-order valence-electron chi connectivity index (χ3n) is 8.56. The predicted molar refractivity (Wildman–Crippen MR) is 170 cm³/mol. The summed E-state index contributed by atoms with van der Waals surface area (Å²) in [4.78, 5) is 36.0. The molecule has 1 aliphatic carbocycles. The third-order valence-corrected chi connectivity index (χ3v) is 8.56. The number of pyridine rings is 2. The van der Waals surface area contributed by atoms with Crippen molar-refractivity contribution in [2.24, 2.45) is 0 Å². The lowest BCUT2D eigenvalue weighted by atomic mass is 9.81. The maximum absolute atomic E-state index is 13.6. The number of aromatic amines is 1. The summed E-state index contributed by atoms with van der Waals surface area (Å²) in [5.41, 5.74) is 1.51. The van der Waals surface area contributed by atoms with Crippen LogP contribution in [0.2, 0.25) is 0 Å². The van der Waals surface area contributed by atoms with Gasteiger partial charge >= 0.3 is 0 Å². The molecule has 1 saturated carbocycles. The number of rotatable bonds is 9. The fourth-order valence-corrected chi connectivity index (χ4v) is 5.84. The number of H-pyrrole nitrogens is 1. The van der Waals surface area contributed by atoms with E-state index in [1.54, 1.807) is 44.8 Å². The molecule has 0 saturated heterocycles. The van der Waals surface area contributed by atoms with Gasteiger partial charge in [-0.25, -0.2) is 9.67 Å². The van der Waals surface area contributed by atoms with Gasteiger partial charge in [0.05, 0.1) is 30.3 Å². The number of anilines is 2. The van der Waals surface area contributed by atoms with Crippen molar-refractivity contribution < 1.29 is 14.3 Å².